The summed E-state index contributed by atoms with van der Waals surface area (Å²) in [4.78, 5) is 29.0. The number of ether oxygens (including phenoxy) is 1. The summed E-state index contributed by atoms with van der Waals surface area (Å²) in [5, 5.41) is 8.85. The minimum atomic E-state index is -1.06. The molecule has 1 N–H and O–H groups in total. The van der Waals surface area contributed by atoms with E-state index in [1.807, 2.05) is 13.8 Å². The van der Waals surface area contributed by atoms with Crippen LogP contribution in [0.3, 0.4) is 0 Å². The number of nitrogens with zero attached hydrogens (tertiary/aromatic N) is 3. The first-order valence-corrected chi connectivity index (χ1v) is 7.09. The van der Waals surface area contributed by atoms with Crippen molar-refractivity contribution in [3.8, 4) is 5.75 Å². The van der Waals surface area contributed by atoms with E-state index in [0.29, 0.717) is 35.8 Å². The minimum absolute atomic E-state index is 0.361. The van der Waals surface area contributed by atoms with Gasteiger partial charge in [-0.2, -0.15) is 0 Å². The van der Waals surface area contributed by atoms with Gasteiger partial charge in [-0.05, 0) is 25.5 Å². The SMILES string of the molecule is CCOc1cccn2c(C(=O)N(C)CC(=O)O)c(CC)nc12. The van der Waals surface area contributed by atoms with E-state index < -0.39 is 5.97 Å². The number of carbonyl (C=O) groups excluding carboxylic acids is 1. The average molecular weight is 305 g/mol. The highest BCUT2D eigenvalue weighted by Gasteiger charge is 2.23. The average Bonchev–Trinajstić information content (AvgIpc) is 2.85. The van der Waals surface area contributed by atoms with Crippen LogP contribution < -0.4 is 4.74 Å². The highest BCUT2D eigenvalue weighted by molar-refractivity contribution is 5.96. The molecular weight excluding hydrogens is 286 g/mol. The van der Waals surface area contributed by atoms with Gasteiger partial charge in [0.15, 0.2) is 11.4 Å². The number of pyridine rings is 1. The fourth-order valence-corrected chi connectivity index (χ4v) is 2.29. The molecule has 0 atom stereocenters. The van der Waals surface area contributed by atoms with E-state index in [1.54, 1.807) is 22.7 Å². The second kappa shape index (κ2) is 6.46. The largest absolute Gasteiger partial charge is 0.490 e. The Morgan fingerprint density at radius 2 is 2.14 bits per heavy atom. The van der Waals surface area contributed by atoms with Crippen molar-refractivity contribution in [2.75, 3.05) is 20.2 Å². The van der Waals surface area contributed by atoms with Crippen LogP contribution in [0.25, 0.3) is 5.65 Å². The van der Waals surface area contributed by atoms with Gasteiger partial charge in [-0.15, -0.1) is 0 Å². The van der Waals surface area contributed by atoms with Crippen LogP contribution in [0.4, 0.5) is 0 Å². The van der Waals surface area contributed by atoms with Crippen LogP contribution >= 0.6 is 0 Å². The van der Waals surface area contributed by atoms with Crippen LogP contribution in [0.5, 0.6) is 5.75 Å². The molecule has 7 nitrogen and oxygen atoms in total. The molecule has 2 aromatic heterocycles. The van der Waals surface area contributed by atoms with E-state index in [1.165, 1.54) is 7.05 Å². The van der Waals surface area contributed by atoms with Crippen molar-refractivity contribution in [1.29, 1.82) is 0 Å². The van der Waals surface area contributed by atoms with Crippen molar-refractivity contribution >= 4 is 17.5 Å². The fourth-order valence-electron chi connectivity index (χ4n) is 2.29. The third kappa shape index (κ3) is 2.88. The Kier molecular flexibility index (Phi) is 4.65. The first-order chi connectivity index (χ1) is 10.5. The number of imidazole rings is 1. The van der Waals surface area contributed by atoms with Crippen molar-refractivity contribution in [3.63, 3.8) is 0 Å². The van der Waals surface area contributed by atoms with Gasteiger partial charge in [0.05, 0.1) is 12.3 Å². The van der Waals surface area contributed by atoms with Gasteiger partial charge in [-0.1, -0.05) is 6.92 Å². The van der Waals surface area contributed by atoms with Gasteiger partial charge in [0.2, 0.25) is 0 Å². The van der Waals surface area contributed by atoms with Crippen molar-refractivity contribution in [2.24, 2.45) is 0 Å². The van der Waals surface area contributed by atoms with Crippen LogP contribution in [0.1, 0.15) is 30.0 Å². The normalized spacial score (nSPS) is 10.7. The van der Waals surface area contributed by atoms with Gasteiger partial charge in [0.1, 0.15) is 12.2 Å². The number of aryl methyl sites for hydroxylation is 1. The van der Waals surface area contributed by atoms with Crippen molar-refractivity contribution in [1.82, 2.24) is 14.3 Å². The van der Waals surface area contributed by atoms with E-state index >= 15 is 0 Å². The van der Waals surface area contributed by atoms with Gasteiger partial charge in [0, 0.05) is 13.2 Å². The Bertz CT molecular complexity index is 708. The molecule has 1 amide bonds. The fraction of sp³-hybridized carbons (Fsp3) is 0.400. The van der Waals surface area contributed by atoms with E-state index in [9.17, 15) is 9.59 Å². The number of rotatable bonds is 6. The zero-order chi connectivity index (χ0) is 16.3. The molecule has 0 fully saturated rings. The van der Waals surface area contributed by atoms with Gasteiger partial charge < -0.3 is 14.7 Å². The topological polar surface area (TPSA) is 84.1 Å². The number of hydrogen-bond acceptors (Lipinski definition) is 4. The lowest BCUT2D eigenvalue weighted by Crippen LogP contribution is -2.33. The maximum absolute atomic E-state index is 12.6. The van der Waals surface area contributed by atoms with Crippen molar-refractivity contribution in [3.05, 3.63) is 29.7 Å². The summed E-state index contributed by atoms with van der Waals surface area (Å²) >= 11 is 0. The molecule has 0 spiro atoms. The highest BCUT2D eigenvalue weighted by Crippen LogP contribution is 2.23. The zero-order valence-corrected chi connectivity index (χ0v) is 12.9. The quantitative estimate of drug-likeness (QED) is 0.873. The zero-order valence-electron chi connectivity index (χ0n) is 12.9. The lowest BCUT2D eigenvalue weighted by atomic mass is 10.2. The molecule has 22 heavy (non-hydrogen) atoms. The summed E-state index contributed by atoms with van der Waals surface area (Å²) in [6, 6.07) is 3.56. The third-order valence-electron chi connectivity index (χ3n) is 3.24. The number of amides is 1. The van der Waals surface area contributed by atoms with Crippen molar-refractivity contribution < 1.29 is 19.4 Å². The number of aromatic nitrogens is 2. The van der Waals surface area contributed by atoms with E-state index in [4.69, 9.17) is 9.84 Å². The Hall–Kier alpha value is -2.57. The van der Waals surface area contributed by atoms with Crippen LogP contribution in [0.15, 0.2) is 18.3 Å². The first-order valence-electron chi connectivity index (χ1n) is 7.09. The van der Waals surface area contributed by atoms with Gasteiger partial charge >= 0.3 is 5.97 Å². The molecule has 0 saturated heterocycles. The number of likely N-dealkylation sites (N-methyl/N-ethyl adjacent to an activating group) is 1. The van der Waals surface area contributed by atoms with Crippen LogP contribution in [-0.4, -0.2) is 51.5 Å². The second-order valence-electron chi connectivity index (χ2n) is 4.81. The molecule has 2 rings (SSSR count). The predicted molar refractivity (Wildman–Crippen MR) is 80.3 cm³/mol. The van der Waals surface area contributed by atoms with Crippen LogP contribution in [-0.2, 0) is 11.2 Å². The lowest BCUT2D eigenvalue weighted by molar-refractivity contribution is -0.137. The summed E-state index contributed by atoms with van der Waals surface area (Å²) < 4.78 is 7.19. The van der Waals surface area contributed by atoms with Crippen LogP contribution in [0, 0.1) is 0 Å². The second-order valence-corrected chi connectivity index (χ2v) is 4.81. The summed E-state index contributed by atoms with van der Waals surface area (Å²) in [5.74, 6) is -0.835. The highest BCUT2D eigenvalue weighted by atomic mass is 16.5. The van der Waals surface area contributed by atoms with E-state index in [2.05, 4.69) is 4.98 Å². The Morgan fingerprint density at radius 3 is 2.73 bits per heavy atom. The smallest absolute Gasteiger partial charge is 0.323 e. The number of carboxylic acids is 1. The molecule has 0 radical (unpaired) electrons. The molecule has 2 aromatic rings. The minimum Gasteiger partial charge on any atom is -0.490 e. The Labute approximate surface area is 128 Å². The monoisotopic (exact) mass is 305 g/mol. The molecular formula is C15H19N3O4. The summed E-state index contributed by atoms with van der Waals surface area (Å²) in [7, 11) is 1.46. The lowest BCUT2D eigenvalue weighted by Gasteiger charge is -2.15. The molecule has 118 valence electrons. The third-order valence-corrected chi connectivity index (χ3v) is 3.24. The van der Waals surface area contributed by atoms with E-state index in [0.717, 1.165) is 4.90 Å². The molecule has 0 aliphatic carbocycles. The molecule has 0 bridgehead atoms. The van der Waals surface area contributed by atoms with Crippen LogP contribution in [0.2, 0.25) is 0 Å². The Morgan fingerprint density at radius 1 is 1.41 bits per heavy atom. The summed E-state index contributed by atoms with van der Waals surface area (Å²) in [5.41, 5.74) is 1.56. The van der Waals surface area contributed by atoms with Gasteiger partial charge in [-0.3, -0.25) is 14.0 Å². The number of carboxylic acid groups (broad SMARTS) is 1. The molecule has 7 heteroatoms. The maximum atomic E-state index is 12.6. The number of aliphatic carboxylic acids is 1. The van der Waals surface area contributed by atoms with Gasteiger partial charge in [-0.25, -0.2) is 4.98 Å². The van der Waals surface area contributed by atoms with Crippen molar-refractivity contribution in [2.45, 2.75) is 20.3 Å². The molecule has 0 unspecified atom stereocenters. The maximum Gasteiger partial charge on any atom is 0.323 e. The molecule has 0 aromatic carbocycles. The Balaban J connectivity index is 2.54. The standard InChI is InChI=1S/C15H19N3O4/c1-4-10-13(15(21)17(3)9-12(19)20)18-8-6-7-11(22-5-2)14(18)16-10/h6-8H,4-5,9H2,1-3H3,(H,19,20). The van der Waals surface area contributed by atoms with E-state index in [-0.39, 0.29) is 12.5 Å². The van der Waals surface area contributed by atoms with Gasteiger partial charge in [0.25, 0.3) is 5.91 Å². The number of fused-ring (bicyclic) bond motifs is 1. The predicted octanol–water partition coefficient (Wildman–Crippen LogP) is 1.45. The summed E-state index contributed by atoms with van der Waals surface area (Å²) in [6.07, 6.45) is 2.29. The molecule has 0 aliphatic rings. The molecule has 0 saturated carbocycles. The number of carbonyl (C=O) groups is 2. The first kappa shape index (κ1) is 15.8. The summed E-state index contributed by atoms with van der Waals surface area (Å²) in [6.45, 7) is 3.91. The molecule has 0 aliphatic heterocycles. The number of hydrogen-bond donors (Lipinski definition) is 1. The molecule has 2 heterocycles.